The Morgan fingerprint density at radius 1 is 1.29 bits per heavy atom. The van der Waals surface area contributed by atoms with Gasteiger partial charge < -0.3 is 5.32 Å². The topological polar surface area (TPSA) is 46.9 Å². The zero-order valence-corrected chi connectivity index (χ0v) is 11.7. The number of amides is 1. The van der Waals surface area contributed by atoms with Crippen LogP contribution in [0.1, 0.15) is 27.2 Å². The van der Waals surface area contributed by atoms with Crippen LogP contribution in [0.25, 0.3) is 0 Å². The third-order valence-corrected chi connectivity index (χ3v) is 3.19. The standard InChI is InChI=1S/C14H14F3N3O/c1-8-5-4-6-11(9(8)2)18-13(21)10-7-20(3)19-12(10)14(15,16)17/h4-7H,1-3H3,(H,18,21). The third-order valence-electron chi connectivity index (χ3n) is 3.19. The molecule has 4 nitrogen and oxygen atoms in total. The Bertz CT molecular complexity index is 689. The molecule has 0 saturated heterocycles. The van der Waals surface area contributed by atoms with Gasteiger partial charge in [-0.3, -0.25) is 9.48 Å². The predicted octanol–water partition coefficient (Wildman–Crippen LogP) is 3.31. The highest BCUT2D eigenvalue weighted by atomic mass is 19.4. The molecular formula is C14H14F3N3O. The van der Waals surface area contributed by atoms with Gasteiger partial charge in [0.25, 0.3) is 5.91 Å². The molecule has 1 N–H and O–H groups in total. The maximum absolute atomic E-state index is 12.8. The van der Waals surface area contributed by atoms with Crippen molar-refractivity contribution in [3.8, 4) is 0 Å². The summed E-state index contributed by atoms with van der Waals surface area (Å²) in [4.78, 5) is 12.1. The van der Waals surface area contributed by atoms with Gasteiger partial charge in [-0.15, -0.1) is 0 Å². The molecule has 0 saturated carbocycles. The fourth-order valence-corrected chi connectivity index (χ4v) is 1.94. The second-order valence-corrected chi connectivity index (χ2v) is 4.76. The molecule has 0 aliphatic carbocycles. The van der Waals surface area contributed by atoms with Crippen molar-refractivity contribution in [3.63, 3.8) is 0 Å². The number of halogens is 3. The third kappa shape index (κ3) is 3.07. The number of carbonyl (C=O) groups excluding carboxylic acids is 1. The lowest BCUT2D eigenvalue weighted by Gasteiger charge is -2.11. The molecule has 2 rings (SSSR count). The van der Waals surface area contributed by atoms with E-state index in [4.69, 9.17) is 0 Å². The van der Waals surface area contributed by atoms with Crippen LogP contribution < -0.4 is 5.32 Å². The highest BCUT2D eigenvalue weighted by molar-refractivity contribution is 6.05. The molecule has 0 unspecified atom stereocenters. The second-order valence-electron chi connectivity index (χ2n) is 4.76. The normalized spacial score (nSPS) is 11.5. The molecule has 1 aromatic carbocycles. The summed E-state index contributed by atoms with van der Waals surface area (Å²) in [7, 11) is 1.34. The molecule has 1 heterocycles. The lowest BCUT2D eigenvalue weighted by molar-refractivity contribution is -0.141. The van der Waals surface area contributed by atoms with Crippen molar-refractivity contribution in [1.82, 2.24) is 9.78 Å². The zero-order chi connectivity index (χ0) is 15.8. The summed E-state index contributed by atoms with van der Waals surface area (Å²) in [6, 6.07) is 5.23. The molecule has 21 heavy (non-hydrogen) atoms. The van der Waals surface area contributed by atoms with E-state index in [1.807, 2.05) is 13.0 Å². The molecule has 2 aromatic rings. The SMILES string of the molecule is Cc1cccc(NC(=O)c2cn(C)nc2C(F)(F)F)c1C. The quantitative estimate of drug-likeness (QED) is 0.924. The van der Waals surface area contributed by atoms with E-state index < -0.39 is 23.3 Å². The number of rotatable bonds is 2. The number of aryl methyl sites for hydroxylation is 2. The highest BCUT2D eigenvalue weighted by Gasteiger charge is 2.39. The number of hydrogen-bond donors (Lipinski definition) is 1. The minimum atomic E-state index is -4.67. The molecule has 1 aromatic heterocycles. The van der Waals surface area contributed by atoms with E-state index in [9.17, 15) is 18.0 Å². The molecule has 0 spiro atoms. The lowest BCUT2D eigenvalue weighted by atomic mass is 10.1. The van der Waals surface area contributed by atoms with Gasteiger partial charge in [-0.2, -0.15) is 18.3 Å². The first-order valence-corrected chi connectivity index (χ1v) is 6.18. The lowest BCUT2D eigenvalue weighted by Crippen LogP contribution is -2.18. The van der Waals surface area contributed by atoms with Gasteiger partial charge in [-0.25, -0.2) is 0 Å². The summed E-state index contributed by atoms with van der Waals surface area (Å²) >= 11 is 0. The summed E-state index contributed by atoms with van der Waals surface area (Å²) in [6.45, 7) is 3.65. The molecule has 0 radical (unpaired) electrons. The molecule has 7 heteroatoms. The summed E-state index contributed by atoms with van der Waals surface area (Å²) in [5.74, 6) is -0.830. The van der Waals surface area contributed by atoms with E-state index >= 15 is 0 Å². The molecule has 0 aliphatic heterocycles. The molecule has 0 aliphatic rings. The maximum atomic E-state index is 12.8. The Balaban J connectivity index is 2.36. The average Bonchev–Trinajstić information content (AvgIpc) is 2.77. The first-order valence-electron chi connectivity index (χ1n) is 6.18. The summed E-state index contributed by atoms with van der Waals surface area (Å²) < 4.78 is 39.5. The van der Waals surface area contributed by atoms with Gasteiger partial charge in [-0.1, -0.05) is 12.1 Å². The Hall–Kier alpha value is -2.31. The van der Waals surface area contributed by atoms with Gasteiger partial charge in [0.05, 0.1) is 5.56 Å². The van der Waals surface area contributed by atoms with Crippen LogP contribution in [0.4, 0.5) is 18.9 Å². The van der Waals surface area contributed by atoms with Crippen LogP contribution in [0.3, 0.4) is 0 Å². The fourth-order valence-electron chi connectivity index (χ4n) is 1.94. The van der Waals surface area contributed by atoms with Gasteiger partial charge in [0.2, 0.25) is 0 Å². The number of nitrogens with zero attached hydrogens (tertiary/aromatic N) is 2. The number of hydrogen-bond acceptors (Lipinski definition) is 2. The van der Waals surface area contributed by atoms with E-state index in [2.05, 4.69) is 10.4 Å². The molecule has 112 valence electrons. The van der Waals surface area contributed by atoms with Crippen LogP contribution in [-0.2, 0) is 13.2 Å². The van der Waals surface area contributed by atoms with Crippen LogP contribution in [0.15, 0.2) is 24.4 Å². The Kier molecular flexibility index (Phi) is 3.76. The molecule has 0 atom stereocenters. The van der Waals surface area contributed by atoms with E-state index in [1.165, 1.54) is 7.05 Å². The number of nitrogens with one attached hydrogen (secondary N) is 1. The first-order chi connectivity index (χ1) is 9.70. The smallest absolute Gasteiger partial charge is 0.322 e. The molecule has 0 fully saturated rings. The minimum Gasteiger partial charge on any atom is -0.322 e. The average molecular weight is 297 g/mol. The van der Waals surface area contributed by atoms with Crippen molar-refractivity contribution in [2.75, 3.05) is 5.32 Å². The van der Waals surface area contributed by atoms with Gasteiger partial charge in [0, 0.05) is 18.9 Å². The van der Waals surface area contributed by atoms with E-state index in [-0.39, 0.29) is 0 Å². The van der Waals surface area contributed by atoms with E-state index in [1.54, 1.807) is 19.1 Å². The van der Waals surface area contributed by atoms with E-state index in [0.717, 1.165) is 22.0 Å². The van der Waals surface area contributed by atoms with Crippen LogP contribution in [0, 0.1) is 13.8 Å². The van der Waals surface area contributed by atoms with Crippen molar-refractivity contribution in [2.45, 2.75) is 20.0 Å². The fraction of sp³-hybridized carbons (Fsp3) is 0.286. The largest absolute Gasteiger partial charge is 0.435 e. The van der Waals surface area contributed by atoms with E-state index in [0.29, 0.717) is 5.69 Å². The molecule has 1 amide bonds. The van der Waals surface area contributed by atoms with Gasteiger partial charge in [0.1, 0.15) is 0 Å². The number of carbonyl (C=O) groups is 1. The van der Waals surface area contributed by atoms with Crippen molar-refractivity contribution in [3.05, 3.63) is 46.8 Å². The minimum absolute atomic E-state index is 0.483. The summed E-state index contributed by atoms with van der Waals surface area (Å²) in [5.41, 5.74) is 0.550. The Morgan fingerprint density at radius 2 is 1.95 bits per heavy atom. The van der Waals surface area contributed by atoms with Crippen molar-refractivity contribution in [1.29, 1.82) is 0 Å². The Morgan fingerprint density at radius 3 is 2.57 bits per heavy atom. The maximum Gasteiger partial charge on any atom is 0.435 e. The van der Waals surface area contributed by atoms with Crippen molar-refractivity contribution >= 4 is 11.6 Å². The highest BCUT2D eigenvalue weighted by Crippen LogP contribution is 2.31. The number of aromatic nitrogens is 2. The number of alkyl halides is 3. The van der Waals surface area contributed by atoms with Gasteiger partial charge >= 0.3 is 6.18 Å². The Labute approximate surface area is 119 Å². The second kappa shape index (κ2) is 5.23. The zero-order valence-electron chi connectivity index (χ0n) is 11.7. The van der Waals surface area contributed by atoms with Crippen LogP contribution in [0.2, 0.25) is 0 Å². The van der Waals surface area contributed by atoms with Crippen molar-refractivity contribution < 1.29 is 18.0 Å². The van der Waals surface area contributed by atoms with Gasteiger partial charge in [-0.05, 0) is 31.0 Å². The van der Waals surface area contributed by atoms with Crippen LogP contribution in [0.5, 0.6) is 0 Å². The summed E-state index contributed by atoms with van der Waals surface area (Å²) in [5, 5.41) is 5.82. The van der Waals surface area contributed by atoms with Crippen LogP contribution in [-0.4, -0.2) is 15.7 Å². The molecule has 0 bridgehead atoms. The predicted molar refractivity (Wildman–Crippen MR) is 72.1 cm³/mol. The van der Waals surface area contributed by atoms with Crippen molar-refractivity contribution in [2.24, 2.45) is 7.05 Å². The summed E-state index contributed by atoms with van der Waals surface area (Å²) in [6.07, 6.45) is -3.61. The number of anilines is 1. The van der Waals surface area contributed by atoms with Crippen LogP contribution >= 0.6 is 0 Å². The molecular weight excluding hydrogens is 283 g/mol. The first kappa shape index (κ1) is 15.1. The van der Waals surface area contributed by atoms with Gasteiger partial charge in [0.15, 0.2) is 5.69 Å². The monoisotopic (exact) mass is 297 g/mol. The number of benzene rings is 1.